The maximum absolute atomic E-state index is 11.8. The highest BCUT2D eigenvalue weighted by Crippen LogP contribution is 2.24. The number of hydrogen-bond donors (Lipinski definition) is 3. The van der Waals surface area contributed by atoms with Gasteiger partial charge in [0.15, 0.2) is 0 Å². The van der Waals surface area contributed by atoms with E-state index in [0.29, 0.717) is 6.42 Å². The third-order valence-corrected chi connectivity index (χ3v) is 3.41. The van der Waals surface area contributed by atoms with E-state index in [-0.39, 0.29) is 16.3 Å². The molecule has 0 fully saturated rings. The second-order valence-corrected chi connectivity index (χ2v) is 5.24. The second-order valence-electron chi connectivity index (χ2n) is 3.84. The Hall–Kier alpha value is -1.24. The molecule has 5 nitrogen and oxygen atoms in total. The summed E-state index contributed by atoms with van der Waals surface area (Å²) in [5.41, 5.74) is 5.74. The van der Waals surface area contributed by atoms with Crippen LogP contribution in [-0.4, -0.2) is 35.0 Å². The zero-order valence-electron chi connectivity index (χ0n) is 10.4. The minimum absolute atomic E-state index is 0.0722. The number of amides is 1. The first-order chi connectivity index (χ1) is 8.97. The Morgan fingerprint density at radius 1 is 1.53 bits per heavy atom. The maximum Gasteiger partial charge on any atom is 0.339 e. The van der Waals surface area contributed by atoms with Crippen molar-refractivity contribution in [2.45, 2.75) is 12.5 Å². The van der Waals surface area contributed by atoms with Gasteiger partial charge < -0.3 is 16.2 Å². The Bertz CT molecular complexity index is 482. The quantitative estimate of drug-likeness (QED) is 0.748. The number of nitrogens with one attached hydrogen (secondary N) is 1. The SMILES string of the molecule is CSCC[C@H](N)C(=O)Nc1cccc(Cl)c1C(=O)O. The summed E-state index contributed by atoms with van der Waals surface area (Å²) < 4.78 is 0. The molecule has 0 saturated carbocycles. The number of benzene rings is 1. The number of aromatic carboxylic acids is 1. The Morgan fingerprint density at radius 3 is 2.79 bits per heavy atom. The van der Waals surface area contributed by atoms with Gasteiger partial charge in [0.25, 0.3) is 0 Å². The summed E-state index contributed by atoms with van der Waals surface area (Å²) in [4.78, 5) is 22.9. The van der Waals surface area contributed by atoms with Gasteiger partial charge in [-0.1, -0.05) is 17.7 Å². The van der Waals surface area contributed by atoms with Gasteiger partial charge in [-0.3, -0.25) is 4.79 Å². The van der Waals surface area contributed by atoms with Crippen LogP contribution in [0.25, 0.3) is 0 Å². The first kappa shape index (κ1) is 15.8. The van der Waals surface area contributed by atoms with Crippen molar-refractivity contribution < 1.29 is 14.7 Å². The average Bonchev–Trinajstić information content (AvgIpc) is 2.35. The van der Waals surface area contributed by atoms with Crippen molar-refractivity contribution in [3.05, 3.63) is 28.8 Å². The van der Waals surface area contributed by atoms with E-state index in [1.54, 1.807) is 17.8 Å². The van der Waals surface area contributed by atoms with Crippen molar-refractivity contribution in [1.29, 1.82) is 0 Å². The molecule has 0 bridgehead atoms. The van der Waals surface area contributed by atoms with Crippen LogP contribution in [0.15, 0.2) is 18.2 Å². The second kappa shape index (κ2) is 7.37. The first-order valence-electron chi connectivity index (χ1n) is 5.54. The number of anilines is 1. The Labute approximate surface area is 120 Å². The molecule has 0 aliphatic rings. The van der Waals surface area contributed by atoms with Crippen molar-refractivity contribution in [3.63, 3.8) is 0 Å². The fraction of sp³-hybridized carbons (Fsp3) is 0.333. The maximum atomic E-state index is 11.8. The van der Waals surface area contributed by atoms with Gasteiger partial charge in [0.2, 0.25) is 5.91 Å². The summed E-state index contributed by atoms with van der Waals surface area (Å²) in [6, 6.07) is 3.83. The highest BCUT2D eigenvalue weighted by atomic mass is 35.5. The van der Waals surface area contributed by atoms with E-state index in [2.05, 4.69) is 5.32 Å². The van der Waals surface area contributed by atoms with Gasteiger partial charge in [0, 0.05) is 0 Å². The summed E-state index contributed by atoms with van der Waals surface area (Å²) in [6.07, 6.45) is 2.44. The van der Waals surface area contributed by atoms with Gasteiger partial charge in [-0.05, 0) is 30.6 Å². The normalized spacial score (nSPS) is 11.9. The van der Waals surface area contributed by atoms with Gasteiger partial charge in [-0.15, -0.1) is 0 Å². The molecule has 0 radical (unpaired) electrons. The van der Waals surface area contributed by atoms with Gasteiger partial charge in [0.1, 0.15) is 5.56 Å². The van der Waals surface area contributed by atoms with Crippen LogP contribution in [0, 0.1) is 0 Å². The van der Waals surface area contributed by atoms with Crippen LogP contribution in [-0.2, 0) is 4.79 Å². The van der Waals surface area contributed by atoms with Crippen molar-refractivity contribution >= 4 is 40.9 Å². The smallest absolute Gasteiger partial charge is 0.339 e. The van der Waals surface area contributed by atoms with E-state index in [4.69, 9.17) is 22.4 Å². The van der Waals surface area contributed by atoms with Gasteiger partial charge in [0.05, 0.1) is 16.8 Å². The molecule has 1 amide bonds. The van der Waals surface area contributed by atoms with Crippen molar-refractivity contribution in [1.82, 2.24) is 0 Å². The molecule has 0 saturated heterocycles. The van der Waals surface area contributed by atoms with E-state index in [9.17, 15) is 9.59 Å². The number of carboxylic acids is 1. The van der Waals surface area contributed by atoms with Crippen LogP contribution in [0.2, 0.25) is 5.02 Å². The van der Waals surface area contributed by atoms with Crippen LogP contribution in [0.4, 0.5) is 5.69 Å². The molecule has 104 valence electrons. The summed E-state index contributed by atoms with van der Waals surface area (Å²) in [7, 11) is 0. The summed E-state index contributed by atoms with van der Waals surface area (Å²) in [6.45, 7) is 0. The monoisotopic (exact) mass is 302 g/mol. The lowest BCUT2D eigenvalue weighted by Gasteiger charge is -2.13. The number of rotatable bonds is 6. The molecule has 0 spiro atoms. The first-order valence-corrected chi connectivity index (χ1v) is 7.31. The molecule has 4 N–H and O–H groups in total. The minimum atomic E-state index is -1.20. The van der Waals surface area contributed by atoms with Crippen molar-refractivity contribution in [3.8, 4) is 0 Å². The van der Waals surface area contributed by atoms with Gasteiger partial charge in [-0.25, -0.2) is 4.79 Å². The third-order valence-electron chi connectivity index (χ3n) is 2.46. The van der Waals surface area contributed by atoms with E-state index >= 15 is 0 Å². The molecule has 0 heterocycles. The zero-order chi connectivity index (χ0) is 14.4. The molecule has 1 atom stereocenters. The average molecular weight is 303 g/mol. The van der Waals surface area contributed by atoms with Crippen LogP contribution in [0.1, 0.15) is 16.8 Å². The minimum Gasteiger partial charge on any atom is -0.478 e. The highest BCUT2D eigenvalue weighted by molar-refractivity contribution is 7.98. The predicted molar refractivity (Wildman–Crippen MR) is 78.0 cm³/mol. The third kappa shape index (κ3) is 4.41. The van der Waals surface area contributed by atoms with Crippen LogP contribution >= 0.6 is 23.4 Å². The highest BCUT2D eigenvalue weighted by Gasteiger charge is 2.19. The molecule has 1 aromatic carbocycles. The van der Waals surface area contributed by atoms with Gasteiger partial charge in [-0.2, -0.15) is 11.8 Å². The number of hydrogen-bond acceptors (Lipinski definition) is 4. The van der Waals surface area contributed by atoms with Crippen molar-refractivity contribution in [2.24, 2.45) is 5.73 Å². The van der Waals surface area contributed by atoms with E-state index in [1.807, 2.05) is 6.26 Å². The zero-order valence-corrected chi connectivity index (χ0v) is 11.9. The Morgan fingerprint density at radius 2 is 2.21 bits per heavy atom. The largest absolute Gasteiger partial charge is 0.478 e. The number of thioether (sulfide) groups is 1. The molecule has 0 aliphatic heterocycles. The molecular formula is C12H15ClN2O3S. The number of nitrogens with two attached hydrogens (primary N) is 1. The summed E-state index contributed by atoms with van der Waals surface area (Å²) >= 11 is 7.39. The number of carbonyl (C=O) groups is 2. The summed E-state index contributed by atoms with van der Waals surface area (Å²) in [5, 5.41) is 11.6. The molecule has 7 heteroatoms. The predicted octanol–water partition coefficient (Wildman–Crippen LogP) is 2.06. The standard InChI is InChI=1S/C12H15ClN2O3S/c1-19-6-5-8(14)11(16)15-9-4-2-3-7(13)10(9)12(17)18/h2-4,8H,5-6,14H2,1H3,(H,15,16)(H,17,18)/t8-/m0/s1. The molecular weight excluding hydrogens is 288 g/mol. The molecule has 1 aromatic rings. The number of carbonyl (C=O) groups excluding carboxylic acids is 1. The van der Waals surface area contributed by atoms with E-state index in [0.717, 1.165) is 5.75 Å². The lowest BCUT2D eigenvalue weighted by molar-refractivity contribution is -0.117. The fourth-order valence-corrected chi connectivity index (χ4v) is 2.19. The molecule has 0 unspecified atom stereocenters. The topological polar surface area (TPSA) is 92.4 Å². The number of halogens is 1. The van der Waals surface area contributed by atoms with Gasteiger partial charge >= 0.3 is 5.97 Å². The van der Waals surface area contributed by atoms with Crippen LogP contribution in [0.3, 0.4) is 0 Å². The Kier molecular flexibility index (Phi) is 6.14. The van der Waals surface area contributed by atoms with E-state index < -0.39 is 17.9 Å². The lowest BCUT2D eigenvalue weighted by Crippen LogP contribution is -2.36. The Balaban J connectivity index is 2.85. The molecule has 0 aliphatic carbocycles. The molecule has 19 heavy (non-hydrogen) atoms. The number of carboxylic acid groups (broad SMARTS) is 1. The van der Waals surface area contributed by atoms with Crippen molar-refractivity contribution in [2.75, 3.05) is 17.3 Å². The lowest BCUT2D eigenvalue weighted by atomic mass is 10.1. The van der Waals surface area contributed by atoms with E-state index in [1.165, 1.54) is 12.1 Å². The van der Waals surface area contributed by atoms with Crippen LogP contribution < -0.4 is 11.1 Å². The van der Waals surface area contributed by atoms with Crippen LogP contribution in [0.5, 0.6) is 0 Å². The molecule has 0 aromatic heterocycles. The fourth-order valence-electron chi connectivity index (χ4n) is 1.45. The summed E-state index contributed by atoms with van der Waals surface area (Å²) in [5.74, 6) is -0.854. The molecule has 1 rings (SSSR count).